The average Bonchev–Trinajstić information content (AvgIpc) is 3.12. The molecule has 6 nitrogen and oxygen atoms in total. The number of likely N-dealkylation sites (tertiary alicyclic amines) is 1. The normalized spacial score (nSPS) is 29.4. The highest BCUT2D eigenvalue weighted by molar-refractivity contribution is 6.07. The van der Waals surface area contributed by atoms with Crippen LogP contribution < -0.4 is 0 Å². The zero-order valence-electron chi connectivity index (χ0n) is 15.0. The SMILES string of the molecule is C[C@H](c1ccncc1)N1CCC(N2C(=O)N3CCC[C@@]3(C)C2=O)CC1. The summed E-state index contributed by atoms with van der Waals surface area (Å²) in [5.74, 6) is 0.0237. The average molecular weight is 342 g/mol. The van der Waals surface area contributed by atoms with Gasteiger partial charge in [0.2, 0.25) is 0 Å². The summed E-state index contributed by atoms with van der Waals surface area (Å²) >= 11 is 0. The van der Waals surface area contributed by atoms with Crippen LogP contribution in [-0.2, 0) is 4.79 Å². The molecule has 0 N–H and O–H groups in total. The minimum Gasteiger partial charge on any atom is -0.310 e. The van der Waals surface area contributed by atoms with E-state index < -0.39 is 5.54 Å². The first-order chi connectivity index (χ1) is 12.0. The molecular formula is C19H26N4O2. The van der Waals surface area contributed by atoms with E-state index in [-0.39, 0.29) is 18.0 Å². The first-order valence-electron chi connectivity index (χ1n) is 9.31. The molecule has 3 saturated heterocycles. The number of imide groups is 1. The number of piperidine rings is 1. The Bertz CT molecular complexity index is 671. The third-order valence-corrected chi connectivity index (χ3v) is 6.36. The van der Waals surface area contributed by atoms with Crippen molar-refractivity contribution < 1.29 is 9.59 Å². The van der Waals surface area contributed by atoms with Crippen LogP contribution in [0.5, 0.6) is 0 Å². The highest BCUT2D eigenvalue weighted by atomic mass is 16.2. The van der Waals surface area contributed by atoms with Gasteiger partial charge in [0, 0.05) is 44.1 Å². The van der Waals surface area contributed by atoms with Crippen LogP contribution in [0.15, 0.2) is 24.5 Å². The first kappa shape index (κ1) is 16.5. The number of hydrogen-bond acceptors (Lipinski definition) is 4. The Morgan fingerprint density at radius 3 is 2.48 bits per heavy atom. The summed E-state index contributed by atoms with van der Waals surface area (Å²) in [5, 5.41) is 0. The molecule has 3 aliphatic rings. The molecule has 3 amide bonds. The molecule has 2 atom stereocenters. The predicted molar refractivity (Wildman–Crippen MR) is 93.8 cm³/mol. The summed E-state index contributed by atoms with van der Waals surface area (Å²) < 4.78 is 0. The number of fused-ring (bicyclic) bond motifs is 1. The number of urea groups is 1. The van der Waals surface area contributed by atoms with Crippen LogP contribution in [0.4, 0.5) is 4.79 Å². The lowest BCUT2D eigenvalue weighted by atomic mass is 9.96. The van der Waals surface area contributed by atoms with E-state index in [0.29, 0.717) is 6.04 Å². The Hall–Kier alpha value is -1.95. The van der Waals surface area contributed by atoms with E-state index in [1.807, 2.05) is 19.3 Å². The van der Waals surface area contributed by atoms with E-state index in [9.17, 15) is 9.59 Å². The van der Waals surface area contributed by atoms with Crippen LogP contribution >= 0.6 is 0 Å². The maximum Gasteiger partial charge on any atom is 0.327 e. The van der Waals surface area contributed by atoms with Gasteiger partial charge in [-0.3, -0.25) is 19.6 Å². The van der Waals surface area contributed by atoms with Gasteiger partial charge in [0.25, 0.3) is 5.91 Å². The lowest BCUT2D eigenvalue weighted by Gasteiger charge is -2.38. The fourth-order valence-electron chi connectivity index (χ4n) is 4.67. The van der Waals surface area contributed by atoms with Crippen molar-refractivity contribution in [2.45, 2.75) is 57.2 Å². The summed E-state index contributed by atoms with van der Waals surface area (Å²) in [6, 6.07) is 4.42. The summed E-state index contributed by atoms with van der Waals surface area (Å²) in [4.78, 5) is 35.5. The number of nitrogens with zero attached hydrogens (tertiary/aromatic N) is 4. The molecule has 0 saturated carbocycles. The summed E-state index contributed by atoms with van der Waals surface area (Å²) in [5.41, 5.74) is 0.674. The quantitative estimate of drug-likeness (QED) is 0.792. The fraction of sp³-hybridized carbons (Fsp3) is 0.632. The molecule has 3 aliphatic heterocycles. The van der Waals surface area contributed by atoms with Crippen molar-refractivity contribution in [2.75, 3.05) is 19.6 Å². The monoisotopic (exact) mass is 342 g/mol. The van der Waals surface area contributed by atoms with Crippen LogP contribution in [0.25, 0.3) is 0 Å². The first-order valence-corrected chi connectivity index (χ1v) is 9.31. The third kappa shape index (κ3) is 2.54. The summed E-state index contributed by atoms with van der Waals surface area (Å²) in [6.45, 7) is 6.67. The number of carbonyl (C=O) groups excluding carboxylic acids is 2. The largest absolute Gasteiger partial charge is 0.327 e. The second-order valence-corrected chi connectivity index (χ2v) is 7.71. The molecule has 0 unspecified atom stereocenters. The Balaban J connectivity index is 1.43. The van der Waals surface area contributed by atoms with Crippen molar-refractivity contribution in [1.82, 2.24) is 19.7 Å². The molecule has 6 heteroatoms. The Morgan fingerprint density at radius 2 is 1.84 bits per heavy atom. The molecule has 0 aromatic carbocycles. The molecule has 4 heterocycles. The van der Waals surface area contributed by atoms with Gasteiger partial charge in [-0.25, -0.2) is 4.79 Å². The summed E-state index contributed by atoms with van der Waals surface area (Å²) in [7, 11) is 0. The van der Waals surface area contributed by atoms with Gasteiger partial charge < -0.3 is 4.90 Å². The zero-order valence-corrected chi connectivity index (χ0v) is 15.0. The van der Waals surface area contributed by atoms with Gasteiger partial charge in [-0.15, -0.1) is 0 Å². The second-order valence-electron chi connectivity index (χ2n) is 7.71. The molecular weight excluding hydrogens is 316 g/mol. The van der Waals surface area contributed by atoms with Crippen molar-refractivity contribution in [1.29, 1.82) is 0 Å². The third-order valence-electron chi connectivity index (χ3n) is 6.36. The highest BCUT2D eigenvalue weighted by Crippen LogP contribution is 2.39. The molecule has 0 aliphatic carbocycles. The Morgan fingerprint density at radius 1 is 1.16 bits per heavy atom. The molecule has 1 aromatic heterocycles. The van der Waals surface area contributed by atoms with Crippen LogP contribution in [-0.4, -0.2) is 62.8 Å². The smallest absolute Gasteiger partial charge is 0.310 e. The number of aromatic nitrogens is 1. The van der Waals surface area contributed by atoms with Gasteiger partial charge in [-0.1, -0.05) is 0 Å². The minimum absolute atomic E-state index is 0.0237. The van der Waals surface area contributed by atoms with E-state index >= 15 is 0 Å². The van der Waals surface area contributed by atoms with E-state index in [1.54, 1.807) is 9.80 Å². The number of amides is 3. The van der Waals surface area contributed by atoms with E-state index in [4.69, 9.17) is 0 Å². The van der Waals surface area contributed by atoms with E-state index in [2.05, 4.69) is 28.9 Å². The van der Waals surface area contributed by atoms with Gasteiger partial charge in [0.1, 0.15) is 5.54 Å². The number of carbonyl (C=O) groups is 2. The van der Waals surface area contributed by atoms with Gasteiger partial charge in [-0.2, -0.15) is 0 Å². The number of rotatable bonds is 3. The van der Waals surface area contributed by atoms with Crippen LogP contribution in [0.2, 0.25) is 0 Å². The molecule has 0 bridgehead atoms. The van der Waals surface area contributed by atoms with Gasteiger partial charge >= 0.3 is 6.03 Å². The predicted octanol–water partition coefficient (Wildman–Crippen LogP) is 2.42. The van der Waals surface area contributed by atoms with Crippen molar-refractivity contribution in [3.8, 4) is 0 Å². The molecule has 1 aromatic rings. The van der Waals surface area contributed by atoms with Crippen LogP contribution in [0, 0.1) is 0 Å². The Kier molecular flexibility index (Phi) is 4.02. The van der Waals surface area contributed by atoms with Gasteiger partial charge in [0.05, 0.1) is 0 Å². The fourth-order valence-corrected chi connectivity index (χ4v) is 4.67. The lowest BCUT2D eigenvalue weighted by molar-refractivity contribution is -0.134. The zero-order chi connectivity index (χ0) is 17.6. The van der Waals surface area contributed by atoms with Crippen molar-refractivity contribution in [2.24, 2.45) is 0 Å². The minimum atomic E-state index is -0.585. The maximum atomic E-state index is 12.9. The molecule has 25 heavy (non-hydrogen) atoms. The molecule has 0 radical (unpaired) electrons. The molecule has 4 rings (SSSR count). The summed E-state index contributed by atoms with van der Waals surface area (Å²) in [6.07, 6.45) is 7.10. The van der Waals surface area contributed by atoms with Crippen molar-refractivity contribution >= 4 is 11.9 Å². The van der Waals surface area contributed by atoms with Crippen molar-refractivity contribution in [3.05, 3.63) is 30.1 Å². The van der Waals surface area contributed by atoms with Crippen molar-refractivity contribution in [3.63, 3.8) is 0 Å². The molecule has 3 fully saturated rings. The number of pyridine rings is 1. The molecule has 0 spiro atoms. The lowest BCUT2D eigenvalue weighted by Crippen LogP contribution is -2.49. The van der Waals surface area contributed by atoms with E-state index in [0.717, 1.165) is 45.3 Å². The van der Waals surface area contributed by atoms with Crippen LogP contribution in [0.3, 0.4) is 0 Å². The van der Waals surface area contributed by atoms with Crippen LogP contribution in [0.1, 0.15) is 51.1 Å². The van der Waals surface area contributed by atoms with E-state index in [1.165, 1.54) is 5.56 Å². The molecule has 134 valence electrons. The number of hydrogen-bond donors (Lipinski definition) is 0. The highest BCUT2D eigenvalue weighted by Gasteiger charge is 2.58. The van der Waals surface area contributed by atoms with Gasteiger partial charge in [0.15, 0.2) is 0 Å². The second kappa shape index (κ2) is 6.09. The Labute approximate surface area is 148 Å². The van der Waals surface area contributed by atoms with Gasteiger partial charge in [-0.05, 0) is 57.2 Å². The topological polar surface area (TPSA) is 56.8 Å². The maximum absolute atomic E-state index is 12.9. The standard InChI is InChI=1S/C19H26N4O2/c1-14(15-4-9-20-10-5-15)21-12-6-16(7-13-21)23-17(24)19(2)8-3-11-22(19)18(23)25/h4-5,9-10,14,16H,3,6-8,11-13H2,1-2H3/t14-,19+/m1/s1.